The zero-order valence-corrected chi connectivity index (χ0v) is 13.7. The maximum absolute atomic E-state index is 12.8. The fourth-order valence-electron chi connectivity index (χ4n) is 2.91. The summed E-state index contributed by atoms with van der Waals surface area (Å²) in [7, 11) is -3.60. The number of benzene rings is 1. The van der Waals surface area contributed by atoms with Gasteiger partial charge in [-0.05, 0) is 46.5 Å². The molecule has 0 bridgehead atoms. The number of carbonyl (C=O) groups is 1. The van der Waals surface area contributed by atoms with E-state index in [2.05, 4.69) is 21.2 Å². The van der Waals surface area contributed by atoms with Gasteiger partial charge in [0.2, 0.25) is 15.9 Å². The molecule has 2 heterocycles. The molecule has 0 aromatic heterocycles. The summed E-state index contributed by atoms with van der Waals surface area (Å²) in [5, 5.41) is 2.71. The van der Waals surface area contributed by atoms with Crippen LogP contribution in [-0.4, -0.2) is 37.8 Å². The molecule has 8 heteroatoms. The molecule has 0 radical (unpaired) electrons. The Morgan fingerprint density at radius 2 is 2.19 bits per heavy atom. The topological polar surface area (TPSA) is 92.5 Å². The third-order valence-corrected chi connectivity index (χ3v) is 6.87. The van der Waals surface area contributed by atoms with Crippen LogP contribution >= 0.6 is 15.9 Å². The highest BCUT2D eigenvalue weighted by Crippen LogP contribution is 2.35. The Kier molecular flexibility index (Phi) is 3.81. The molecule has 1 fully saturated rings. The van der Waals surface area contributed by atoms with Crippen molar-refractivity contribution in [1.82, 2.24) is 4.31 Å². The number of rotatable bonds is 3. The molecule has 1 aromatic rings. The van der Waals surface area contributed by atoms with Crippen molar-refractivity contribution in [2.24, 2.45) is 5.73 Å². The summed E-state index contributed by atoms with van der Waals surface area (Å²) < 4.78 is 27.6. The van der Waals surface area contributed by atoms with Crippen LogP contribution in [0.1, 0.15) is 18.4 Å². The second-order valence-electron chi connectivity index (χ2n) is 5.31. The monoisotopic (exact) mass is 373 g/mol. The first-order valence-electron chi connectivity index (χ1n) is 6.77. The lowest BCUT2D eigenvalue weighted by Crippen LogP contribution is -2.40. The summed E-state index contributed by atoms with van der Waals surface area (Å²) in [6.07, 6.45) is 1.83. The van der Waals surface area contributed by atoms with E-state index in [4.69, 9.17) is 5.73 Å². The summed E-state index contributed by atoms with van der Waals surface area (Å²) in [4.78, 5) is 11.6. The SMILES string of the molecule is NCC1CCCN1S(=O)(=O)c1cc2c(cc1Br)NC(=O)C2. The number of anilines is 1. The van der Waals surface area contributed by atoms with Crippen LogP contribution in [0.4, 0.5) is 5.69 Å². The highest BCUT2D eigenvalue weighted by atomic mass is 79.9. The smallest absolute Gasteiger partial charge is 0.244 e. The lowest BCUT2D eigenvalue weighted by molar-refractivity contribution is -0.115. The summed E-state index contributed by atoms with van der Waals surface area (Å²) in [6, 6.07) is 3.09. The van der Waals surface area contributed by atoms with Gasteiger partial charge in [-0.1, -0.05) is 0 Å². The number of fused-ring (bicyclic) bond motifs is 1. The van der Waals surface area contributed by atoms with Crippen molar-refractivity contribution < 1.29 is 13.2 Å². The highest BCUT2D eigenvalue weighted by molar-refractivity contribution is 9.10. The maximum Gasteiger partial charge on any atom is 0.244 e. The number of nitrogens with zero attached hydrogens (tertiary/aromatic N) is 1. The fraction of sp³-hybridized carbons (Fsp3) is 0.462. The summed E-state index contributed by atoms with van der Waals surface area (Å²) in [5.41, 5.74) is 7.06. The Morgan fingerprint density at radius 1 is 1.43 bits per heavy atom. The Hall–Kier alpha value is -0.960. The Bertz CT molecular complexity index is 705. The molecule has 2 aliphatic rings. The second kappa shape index (κ2) is 5.35. The van der Waals surface area contributed by atoms with E-state index in [1.54, 1.807) is 12.1 Å². The van der Waals surface area contributed by atoms with E-state index in [-0.39, 0.29) is 23.3 Å². The molecule has 0 saturated carbocycles. The van der Waals surface area contributed by atoms with Gasteiger partial charge >= 0.3 is 0 Å². The van der Waals surface area contributed by atoms with Gasteiger partial charge < -0.3 is 11.1 Å². The molecule has 0 spiro atoms. The van der Waals surface area contributed by atoms with Crippen molar-refractivity contribution in [3.63, 3.8) is 0 Å². The third-order valence-electron chi connectivity index (χ3n) is 3.96. The van der Waals surface area contributed by atoms with Crippen molar-refractivity contribution in [2.75, 3.05) is 18.4 Å². The van der Waals surface area contributed by atoms with Crippen LogP contribution in [0, 0.1) is 0 Å². The lowest BCUT2D eigenvalue weighted by Gasteiger charge is -2.23. The van der Waals surface area contributed by atoms with Crippen LogP contribution in [0.15, 0.2) is 21.5 Å². The lowest BCUT2D eigenvalue weighted by atomic mass is 10.2. The van der Waals surface area contributed by atoms with Crippen LogP contribution < -0.4 is 11.1 Å². The van der Waals surface area contributed by atoms with E-state index in [0.717, 1.165) is 12.8 Å². The Labute approximate surface area is 131 Å². The van der Waals surface area contributed by atoms with Gasteiger partial charge in [0.1, 0.15) is 0 Å². The number of hydrogen-bond donors (Lipinski definition) is 2. The van der Waals surface area contributed by atoms with E-state index < -0.39 is 10.0 Å². The van der Waals surface area contributed by atoms with Crippen LogP contribution in [0.3, 0.4) is 0 Å². The quantitative estimate of drug-likeness (QED) is 0.828. The predicted molar refractivity (Wildman–Crippen MR) is 82.4 cm³/mol. The second-order valence-corrected chi connectivity index (χ2v) is 8.03. The molecule has 3 rings (SSSR count). The van der Waals surface area contributed by atoms with Crippen molar-refractivity contribution in [1.29, 1.82) is 0 Å². The van der Waals surface area contributed by atoms with E-state index >= 15 is 0 Å². The maximum atomic E-state index is 12.8. The molecule has 2 aliphatic heterocycles. The molecular formula is C13H16BrN3O3S. The van der Waals surface area contributed by atoms with Crippen molar-refractivity contribution in [3.8, 4) is 0 Å². The molecule has 21 heavy (non-hydrogen) atoms. The third kappa shape index (κ3) is 2.50. The van der Waals surface area contributed by atoms with Gasteiger partial charge in [-0.2, -0.15) is 4.31 Å². The van der Waals surface area contributed by atoms with Crippen LogP contribution in [0.2, 0.25) is 0 Å². The van der Waals surface area contributed by atoms with E-state index in [9.17, 15) is 13.2 Å². The molecule has 3 N–H and O–H groups in total. The number of amides is 1. The highest BCUT2D eigenvalue weighted by Gasteiger charge is 2.36. The van der Waals surface area contributed by atoms with E-state index in [1.165, 1.54) is 4.31 Å². The molecule has 114 valence electrons. The van der Waals surface area contributed by atoms with E-state index in [1.807, 2.05) is 0 Å². The number of sulfonamides is 1. The molecule has 6 nitrogen and oxygen atoms in total. The molecule has 1 amide bonds. The standard InChI is InChI=1S/C13H16BrN3O3S/c14-10-6-11-8(5-13(18)16-11)4-12(10)21(19,20)17-3-1-2-9(17)7-15/h4,6,9H,1-3,5,7,15H2,(H,16,18). The number of hydrogen-bond acceptors (Lipinski definition) is 4. The predicted octanol–water partition coefficient (Wildman–Crippen LogP) is 1.06. The van der Waals surface area contributed by atoms with Crippen LogP contribution in [-0.2, 0) is 21.2 Å². The van der Waals surface area contributed by atoms with Crippen molar-refractivity contribution in [2.45, 2.75) is 30.2 Å². The number of nitrogens with one attached hydrogen (secondary N) is 1. The van der Waals surface area contributed by atoms with Gasteiger partial charge in [-0.25, -0.2) is 8.42 Å². The zero-order chi connectivity index (χ0) is 15.2. The molecule has 1 saturated heterocycles. The van der Waals surface area contributed by atoms with Gasteiger partial charge in [0, 0.05) is 29.3 Å². The average molecular weight is 374 g/mol. The first-order valence-corrected chi connectivity index (χ1v) is 9.01. The number of nitrogens with two attached hydrogens (primary N) is 1. The van der Waals surface area contributed by atoms with Gasteiger partial charge in [-0.3, -0.25) is 4.79 Å². The minimum absolute atomic E-state index is 0.118. The first kappa shape index (κ1) is 15.0. The van der Waals surface area contributed by atoms with Gasteiger partial charge in [0.05, 0.1) is 11.3 Å². The van der Waals surface area contributed by atoms with E-state index in [0.29, 0.717) is 28.8 Å². The van der Waals surface area contributed by atoms with Crippen molar-refractivity contribution in [3.05, 3.63) is 22.2 Å². The Balaban J connectivity index is 2.04. The normalized spacial score (nSPS) is 22.4. The first-order chi connectivity index (χ1) is 9.93. The summed E-state index contributed by atoms with van der Waals surface area (Å²) >= 11 is 3.31. The minimum Gasteiger partial charge on any atom is -0.329 e. The van der Waals surface area contributed by atoms with Crippen LogP contribution in [0.5, 0.6) is 0 Å². The molecular weight excluding hydrogens is 358 g/mol. The minimum atomic E-state index is -3.60. The van der Waals surface area contributed by atoms with Gasteiger partial charge in [-0.15, -0.1) is 0 Å². The fourth-order valence-corrected chi connectivity index (χ4v) is 5.67. The number of halogens is 1. The average Bonchev–Trinajstić information content (AvgIpc) is 3.02. The number of carbonyl (C=O) groups excluding carboxylic acids is 1. The zero-order valence-electron chi connectivity index (χ0n) is 11.3. The van der Waals surface area contributed by atoms with Crippen LogP contribution in [0.25, 0.3) is 0 Å². The summed E-state index contributed by atoms with van der Waals surface area (Å²) in [5.74, 6) is -0.118. The van der Waals surface area contributed by atoms with Gasteiger partial charge in [0.25, 0.3) is 0 Å². The summed E-state index contributed by atoms with van der Waals surface area (Å²) in [6.45, 7) is 0.812. The largest absolute Gasteiger partial charge is 0.329 e. The Morgan fingerprint density at radius 3 is 2.90 bits per heavy atom. The molecule has 1 atom stereocenters. The molecule has 1 unspecified atom stereocenters. The van der Waals surface area contributed by atoms with Gasteiger partial charge in [0.15, 0.2) is 0 Å². The van der Waals surface area contributed by atoms with Crippen molar-refractivity contribution >= 4 is 37.5 Å². The molecule has 1 aromatic carbocycles. The molecule has 0 aliphatic carbocycles.